The van der Waals surface area contributed by atoms with Gasteiger partial charge in [-0.2, -0.15) is 5.10 Å². The number of hydrogen-bond donors (Lipinski definition) is 2. The van der Waals surface area contributed by atoms with Crippen LogP contribution in [0, 0.1) is 0 Å². The Kier molecular flexibility index (Phi) is 4.66. The zero-order valence-corrected chi connectivity index (χ0v) is 13.7. The van der Waals surface area contributed by atoms with Crippen LogP contribution in [0.5, 0.6) is 0 Å². The number of fused-ring (bicyclic) bond motifs is 1. The molecule has 0 radical (unpaired) electrons. The first-order valence-electron chi connectivity index (χ1n) is 7.48. The number of benzene rings is 1. The zero-order chi connectivity index (χ0) is 15.6. The van der Waals surface area contributed by atoms with Crippen molar-refractivity contribution in [1.82, 2.24) is 20.1 Å². The number of para-hydroxylation sites is 1. The summed E-state index contributed by atoms with van der Waals surface area (Å²) in [7, 11) is 6.19. The Morgan fingerprint density at radius 3 is 2.62 bits per heavy atom. The Morgan fingerprint density at radius 2 is 2.05 bits per heavy atom. The van der Waals surface area contributed by atoms with Crippen molar-refractivity contribution < 1.29 is 0 Å². The Hall–Kier alpha value is -1.43. The normalized spacial score (nSPS) is 16.3. The van der Waals surface area contributed by atoms with Gasteiger partial charge in [0.1, 0.15) is 0 Å². The molecule has 0 amide bonds. The minimum absolute atomic E-state index is 0.0205. The third-order valence-corrected chi connectivity index (χ3v) is 4.92. The molecule has 116 valence electrons. The molecule has 0 aliphatic heterocycles. The van der Waals surface area contributed by atoms with Gasteiger partial charge >= 0.3 is 0 Å². The number of hydrazine groups is 1. The highest BCUT2D eigenvalue weighted by atomic mass is 15.3. The molecule has 0 saturated heterocycles. The van der Waals surface area contributed by atoms with Crippen LogP contribution < -0.4 is 11.3 Å². The van der Waals surface area contributed by atoms with E-state index in [1.807, 2.05) is 17.8 Å². The molecule has 5 heteroatoms. The van der Waals surface area contributed by atoms with Crippen LogP contribution in [0.1, 0.15) is 26.0 Å². The average Bonchev–Trinajstić information content (AvgIpc) is 2.80. The molecule has 0 aliphatic carbocycles. The molecule has 1 aromatic heterocycles. The number of aromatic nitrogens is 2. The van der Waals surface area contributed by atoms with Crippen LogP contribution in [0.15, 0.2) is 24.3 Å². The summed E-state index contributed by atoms with van der Waals surface area (Å²) in [6.07, 6.45) is 1.82. The van der Waals surface area contributed by atoms with Gasteiger partial charge in [0.15, 0.2) is 0 Å². The second-order valence-electron chi connectivity index (χ2n) is 6.12. The summed E-state index contributed by atoms with van der Waals surface area (Å²) >= 11 is 0. The highest BCUT2D eigenvalue weighted by Crippen LogP contribution is 2.26. The van der Waals surface area contributed by atoms with Gasteiger partial charge in [-0.25, -0.2) is 0 Å². The maximum atomic E-state index is 5.86. The van der Waals surface area contributed by atoms with Gasteiger partial charge in [0.2, 0.25) is 0 Å². The predicted molar refractivity (Wildman–Crippen MR) is 87.9 cm³/mol. The third kappa shape index (κ3) is 2.81. The molecule has 0 bridgehead atoms. The summed E-state index contributed by atoms with van der Waals surface area (Å²) in [6, 6.07) is 8.47. The summed E-state index contributed by atoms with van der Waals surface area (Å²) in [6.45, 7) is 4.43. The van der Waals surface area contributed by atoms with E-state index in [2.05, 4.69) is 61.6 Å². The first-order chi connectivity index (χ1) is 9.93. The lowest BCUT2D eigenvalue weighted by molar-refractivity contribution is 0.112. The van der Waals surface area contributed by atoms with Crippen molar-refractivity contribution in [2.45, 2.75) is 38.3 Å². The first-order valence-corrected chi connectivity index (χ1v) is 7.48. The lowest BCUT2D eigenvalue weighted by atomic mass is 9.85. The zero-order valence-electron chi connectivity index (χ0n) is 13.7. The lowest BCUT2D eigenvalue weighted by Crippen LogP contribution is -2.59. The van der Waals surface area contributed by atoms with Gasteiger partial charge < -0.3 is 4.90 Å². The smallest absolute Gasteiger partial charge is 0.0720 e. The minimum Gasteiger partial charge on any atom is -0.302 e. The fourth-order valence-corrected chi connectivity index (χ4v) is 2.97. The molecule has 0 fully saturated rings. The van der Waals surface area contributed by atoms with Crippen molar-refractivity contribution in [3.8, 4) is 0 Å². The van der Waals surface area contributed by atoms with Crippen molar-refractivity contribution in [2.75, 3.05) is 14.1 Å². The van der Waals surface area contributed by atoms with Crippen LogP contribution in [0.3, 0.4) is 0 Å². The Balaban J connectivity index is 2.37. The molecule has 0 saturated carbocycles. The molecule has 0 spiro atoms. The summed E-state index contributed by atoms with van der Waals surface area (Å²) < 4.78 is 1.94. The average molecular weight is 289 g/mol. The number of nitrogens with one attached hydrogen (secondary N) is 1. The van der Waals surface area contributed by atoms with Gasteiger partial charge in [-0.05, 0) is 33.5 Å². The van der Waals surface area contributed by atoms with E-state index in [9.17, 15) is 0 Å². The van der Waals surface area contributed by atoms with E-state index in [0.717, 1.165) is 24.1 Å². The van der Waals surface area contributed by atoms with Crippen LogP contribution in [-0.4, -0.2) is 40.4 Å². The van der Waals surface area contributed by atoms with Crippen LogP contribution in [0.4, 0.5) is 0 Å². The van der Waals surface area contributed by atoms with Crippen molar-refractivity contribution in [1.29, 1.82) is 0 Å². The number of likely N-dealkylation sites (N-methyl/N-ethyl adjacent to an activating group) is 1. The van der Waals surface area contributed by atoms with Crippen LogP contribution in [0.25, 0.3) is 10.9 Å². The monoisotopic (exact) mass is 289 g/mol. The van der Waals surface area contributed by atoms with Gasteiger partial charge in [0, 0.05) is 30.4 Å². The van der Waals surface area contributed by atoms with E-state index >= 15 is 0 Å². The number of nitrogens with two attached hydrogens (primary N) is 1. The summed E-state index contributed by atoms with van der Waals surface area (Å²) in [5, 5.41) is 5.89. The van der Waals surface area contributed by atoms with Crippen molar-refractivity contribution in [3.63, 3.8) is 0 Å². The lowest BCUT2D eigenvalue weighted by Gasteiger charge is -2.42. The molecule has 2 rings (SSSR count). The molecular formula is C16H27N5. The minimum atomic E-state index is -0.0205. The predicted octanol–water partition coefficient (Wildman–Crippen LogP) is 1.68. The van der Waals surface area contributed by atoms with Gasteiger partial charge in [-0.15, -0.1) is 0 Å². The van der Waals surface area contributed by atoms with Gasteiger partial charge in [0.25, 0.3) is 0 Å². The largest absolute Gasteiger partial charge is 0.302 e. The number of nitrogens with zero attached hydrogens (tertiary/aromatic N) is 3. The Labute approximate surface area is 127 Å². The van der Waals surface area contributed by atoms with Gasteiger partial charge in [-0.1, -0.05) is 25.1 Å². The molecule has 2 aromatic rings. The molecule has 3 N–H and O–H groups in total. The van der Waals surface area contributed by atoms with Crippen LogP contribution in [0.2, 0.25) is 0 Å². The number of rotatable bonds is 6. The molecule has 0 aliphatic rings. The SMILES string of the molecule is CCC(C)(C(Cc1nn(C)c2ccccc12)NN)N(C)C. The van der Waals surface area contributed by atoms with Crippen molar-refractivity contribution in [2.24, 2.45) is 12.9 Å². The Bertz CT molecular complexity index is 604. The van der Waals surface area contributed by atoms with Crippen molar-refractivity contribution >= 4 is 10.9 Å². The summed E-state index contributed by atoms with van der Waals surface area (Å²) in [5.74, 6) is 5.86. The molecule has 1 heterocycles. The number of aryl methyl sites for hydroxylation is 1. The molecule has 5 nitrogen and oxygen atoms in total. The first kappa shape index (κ1) is 15.9. The Morgan fingerprint density at radius 1 is 1.38 bits per heavy atom. The maximum Gasteiger partial charge on any atom is 0.0720 e. The van der Waals surface area contributed by atoms with E-state index in [-0.39, 0.29) is 11.6 Å². The van der Waals surface area contributed by atoms with E-state index in [1.54, 1.807) is 0 Å². The summed E-state index contributed by atoms with van der Waals surface area (Å²) in [4.78, 5) is 2.24. The maximum absolute atomic E-state index is 5.86. The van der Waals surface area contributed by atoms with Gasteiger partial charge in [0.05, 0.1) is 11.2 Å². The quantitative estimate of drug-likeness (QED) is 0.627. The highest BCUT2D eigenvalue weighted by molar-refractivity contribution is 5.81. The van der Waals surface area contributed by atoms with Crippen LogP contribution in [-0.2, 0) is 13.5 Å². The highest BCUT2D eigenvalue weighted by Gasteiger charge is 2.35. The van der Waals surface area contributed by atoms with Crippen molar-refractivity contribution in [3.05, 3.63) is 30.0 Å². The molecule has 2 atom stereocenters. The topological polar surface area (TPSA) is 59.1 Å². The van der Waals surface area contributed by atoms with E-state index in [0.29, 0.717) is 0 Å². The molecule has 2 unspecified atom stereocenters. The molecular weight excluding hydrogens is 262 g/mol. The van der Waals surface area contributed by atoms with E-state index in [1.165, 1.54) is 5.39 Å². The third-order valence-electron chi connectivity index (χ3n) is 4.92. The second-order valence-corrected chi connectivity index (χ2v) is 6.12. The van der Waals surface area contributed by atoms with E-state index in [4.69, 9.17) is 5.84 Å². The molecule has 1 aromatic carbocycles. The van der Waals surface area contributed by atoms with E-state index < -0.39 is 0 Å². The summed E-state index contributed by atoms with van der Waals surface area (Å²) in [5.41, 5.74) is 5.24. The number of hydrogen-bond acceptors (Lipinski definition) is 4. The molecule has 21 heavy (non-hydrogen) atoms. The standard InChI is InChI=1S/C16H27N5/c1-6-16(2,20(3)4)15(18-17)11-13-12-9-7-8-10-14(12)21(5)19-13/h7-10,15,18H,6,11,17H2,1-5H3. The van der Waals surface area contributed by atoms with Crippen LogP contribution >= 0.6 is 0 Å². The fraction of sp³-hybridized carbons (Fsp3) is 0.562. The second kappa shape index (κ2) is 6.13. The fourth-order valence-electron chi connectivity index (χ4n) is 2.97. The van der Waals surface area contributed by atoms with Gasteiger partial charge in [-0.3, -0.25) is 16.0 Å².